The molecule has 136 valence electrons. The maximum Gasteiger partial charge on any atom is 0.248 e. The van der Waals surface area contributed by atoms with E-state index in [1.807, 2.05) is 0 Å². The van der Waals surface area contributed by atoms with Gasteiger partial charge in [-0.15, -0.1) is 0 Å². The number of rotatable bonds is 2. The van der Waals surface area contributed by atoms with Gasteiger partial charge < -0.3 is 20.0 Å². The molecule has 0 aromatic heterocycles. The molecule has 0 bridgehead atoms. The van der Waals surface area contributed by atoms with Gasteiger partial charge in [0.15, 0.2) is 0 Å². The summed E-state index contributed by atoms with van der Waals surface area (Å²) in [5.41, 5.74) is 0.544. The fourth-order valence-electron chi connectivity index (χ4n) is 3.84. The highest BCUT2D eigenvalue weighted by Crippen LogP contribution is 2.43. The Bertz CT molecular complexity index is 712. The Labute approximate surface area is 155 Å². The van der Waals surface area contributed by atoms with Gasteiger partial charge in [-0.3, -0.25) is 9.59 Å². The second-order valence-electron chi connectivity index (χ2n) is 6.73. The Morgan fingerprint density at radius 2 is 2.00 bits per heavy atom. The first-order valence-corrected chi connectivity index (χ1v) is 8.95. The number of aliphatic hydroxyl groups excluding tert-OH is 1. The Hall–Kier alpha value is -1.50. The standard InChI is InChI=1S/C17H20Cl2N2O4/c1-9-5-20(14(24)8-22)7-11-4-10(6-21(11)17(9)25)15-13(23)3-2-12(18)16(15)19/h2-3,9-11,22-23H,4-8H2,1H3/t9-,10+,11+/m1/s1. The van der Waals surface area contributed by atoms with E-state index >= 15 is 0 Å². The van der Waals surface area contributed by atoms with Crippen molar-refractivity contribution in [3.8, 4) is 5.75 Å². The lowest BCUT2D eigenvalue weighted by Crippen LogP contribution is -2.41. The maximum absolute atomic E-state index is 12.7. The monoisotopic (exact) mass is 386 g/mol. The van der Waals surface area contributed by atoms with Crippen molar-refractivity contribution in [2.45, 2.75) is 25.3 Å². The lowest BCUT2D eigenvalue weighted by atomic mass is 9.95. The number of fused-ring (bicyclic) bond motifs is 1. The number of hydrogen-bond donors (Lipinski definition) is 2. The molecule has 8 heteroatoms. The molecule has 2 N–H and O–H groups in total. The van der Waals surface area contributed by atoms with Gasteiger partial charge in [0.1, 0.15) is 12.4 Å². The maximum atomic E-state index is 12.7. The van der Waals surface area contributed by atoms with Gasteiger partial charge in [-0.2, -0.15) is 0 Å². The minimum atomic E-state index is -0.571. The van der Waals surface area contributed by atoms with E-state index in [2.05, 4.69) is 0 Å². The average Bonchev–Trinajstić information content (AvgIpc) is 2.95. The molecule has 2 fully saturated rings. The molecule has 0 aliphatic carbocycles. The fourth-order valence-corrected chi connectivity index (χ4v) is 4.32. The number of halogens is 2. The van der Waals surface area contributed by atoms with Crippen LogP contribution in [0.5, 0.6) is 5.75 Å². The molecule has 6 nitrogen and oxygen atoms in total. The van der Waals surface area contributed by atoms with E-state index in [0.717, 1.165) is 0 Å². The van der Waals surface area contributed by atoms with Gasteiger partial charge in [0, 0.05) is 37.2 Å². The predicted octanol–water partition coefficient (Wildman–Crippen LogP) is 1.85. The highest BCUT2D eigenvalue weighted by molar-refractivity contribution is 6.42. The largest absolute Gasteiger partial charge is 0.508 e. The first-order chi connectivity index (χ1) is 11.8. The van der Waals surface area contributed by atoms with E-state index in [1.165, 1.54) is 17.0 Å². The SMILES string of the molecule is C[C@@H]1CN(C(=O)CO)C[C@@H]2C[C@H](c3c(O)ccc(Cl)c3Cl)CN2C1=O. The number of aliphatic hydroxyl groups is 1. The molecule has 3 atom stereocenters. The second-order valence-corrected chi connectivity index (χ2v) is 7.51. The molecule has 2 amide bonds. The van der Waals surface area contributed by atoms with E-state index in [0.29, 0.717) is 41.7 Å². The lowest BCUT2D eigenvalue weighted by molar-refractivity contribution is -0.135. The van der Waals surface area contributed by atoms with Crippen LogP contribution in [0.25, 0.3) is 0 Å². The Balaban J connectivity index is 1.90. The highest BCUT2D eigenvalue weighted by atomic mass is 35.5. The van der Waals surface area contributed by atoms with Gasteiger partial charge in [0.2, 0.25) is 11.8 Å². The predicted molar refractivity (Wildman–Crippen MR) is 93.8 cm³/mol. The number of benzene rings is 1. The summed E-state index contributed by atoms with van der Waals surface area (Å²) in [6.07, 6.45) is 0.571. The lowest BCUT2D eigenvalue weighted by Gasteiger charge is -2.25. The smallest absolute Gasteiger partial charge is 0.248 e. The Morgan fingerprint density at radius 1 is 1.28 bits per heavy atom. The topological polar surface area (TPSA) is 81.1 Å². The normalized spacial score (nSPS) is 26.6. The van der Waals surface area contributed by atoms with Crippen LogP contribution in [0, 0.1) is 5.92 Å². The van der Waals surface area contributed by atoms with Crippen LogP contribution in [0.15, 0.2) is 12.1 Å². The summed E-state index contributed by atoms with van der Waals surface area (Å²) in [5.74, 6) is -0.855. The molecule has 1 aromatic carbocycles. The molecule has 2 aliphatic heterocycles. The van der Waals surface area contributed by atoms with Crippen molar-refractivity contribution in [2.75, 3.05) is 26.2 Å². The molecule has 1 aromatic rings. The second kappa shape index (κ2) is 7.02. The summed E-state index contributed by atoms with van der Waals surface area (Å²) in [5, 5.41) is 20.0. The molecule has 2 saturated heterocycles. The molecule has 2 heterocycles. The summed E-state index contributed by atoms with van der Waals surface area (Å²) in [6.45, 7) is 2.30. The van der Waals surface area contributed by atoms with Gasteiger partial charge >= 0.3 is 0 Å². The van der Waals surface area contributed by atoms with Crippen LogP contribution in [0.2, 0.25) is 10.0 Å². The van der Waals surface area contributed by atoms with Crippen molar-refractivity contribution < 1.29 is 19.8 Å². The van der Waals surface area contributed by atoms with E-state index in [-0.39, 0.29) is 35.4 Å². The Kier molecular flexibility index (Phi) is 5.14. The third kappa shape index (κ3) is 3.30. The molecular weight excluding hydrogens is 367 g/mol. The zero-order valence-corrected chi connectivity index (χ0v) is 15.3. The first-order valence-electron chi connectivity index (χ1n) is 8.19. The third-order valence-corrected chi connectivity index (χ3v) is 5.87. The number of phenols is 1. The van der Waals surface area contributed by atoms with E-state index in [9.17, 15) is 14.7 Å². The van der Waals surface area contributed by atoms with Crippen LogP contribution in [-0.4, -0.2) is 64.1 Å². The van der Waals surface area contributed by atoms with Crippen molar-refractivity contribution in [1.29, 1.82) is 0 Å². The number of amides is 2. The number of aromatic hydroxyl groups is 1. The van der Waals surface area contributed by atoms with Crippen molar-refractivity contribution in [2.24, 2.45) is 5.92 Å². The summed E-state index contributed by atoms with van der Waals surface area (Å²) < 4.78 is 0. The zero-order valence-electron chi connectivity index (χ0n) is 13.8. The number of nitrogens with zero attached hydrogens (tertiary/aromatic N) is 2. The average molecular weight is 387 g/mol. The van der Waals surface area contributed by atoms with Crippen LogP contribution in [0.3, 0.4) is 0 Å². The van der Waals surface area contributed by atoms with Gasteiger partial charge in [-0.05, 0) is 18.6 Å². The minimum Gasteiger partial charge on any atom is -0.508 e. The van der Waals surface area contributed by atoms with Crippen LogP contribution >= 0.6 is 23.2 Å². The number of hydrogen-bond acceptors (Lipinski definition) is 4. The van der Waals surface area contributed by atoms with E-state index < -0.39 is 6.61 Å². The fraction of sp³-hybridized carbons (Fsp3) is 0.529. The number of phenolic OH excluding ortho intramolecular Hbond substituents is 1. The van der Waals surface area contributed by atoms with Crippen molar-refractivity contribution >= 4 is 35.0 Å². The molecule has 3 rings (SSSR count). The quantitative estimate of drug-likeness (QED) is 0.812. The summed E-state index contributed by atoms with van der Waals surface area (Å²) in [7, 11) is 0. The van der Waals surface area contributed by atoms with Crippen LogP contribution in [-0.2, 0) is 9.59 Å². The van der Waals surface area contributed by atoms with Gasteiger partial charge in [0.25, 0.3) is 0 Å². The number of carbonyl (C=O) groups excluding carboxylic acids is 2. The van der Waals surface area contributed by atoms with Gasteiger partial charge in [-0.25, -0.2) is 0 Å². The Morgan fingerprint density at radius 3 is 2.68 bits per heavy atom. The number of carbonyl (C=O) groups is 2. The molecule has 25 heavy (non-hydrogen) atoms. The van der Waals surface area contributed by atoms with Crippen LogP contribution in [0.1, 0.15) is 24.8 Å². The minimum absolute atomic E-state index is 0.0293. The van der Waals surface area contributed by atoms with Gasteiger partial charge in [0.05, 0.1) is 16.0 Å². The van der Waals surface area contributed by atoms with Gasteiger partial charge in [-0.1, -0.05) is 30.1 Å². The van der Waals surface area contributed by atoms with Crippen LogP contribution < -0.4 is 0 Å². The van der Waals surface area contributed by atoms with Crippen molar-refractivity contribution in [3.05, 3.63) is 27.7 Å². The molecule has 0 unspecified atom stereocenters. The molecular formula is C17H20Cl2N2O4. The summed E-state index contributed by atoms with van der Waals surface area (Å²) in [6, 6.07) is 2.86. The molecule has 0 spiro atoms. The molecule has 0 saturated carbocycles. The van der Waals surface area contributed by atoms with Crippen molar-refractivity contribution in [1.82, 2.24) is 9.80 Å². The zero-order chi connectivity index (χ0) is 18.3. The molecule has 2 aliphatic rings. The van der Waals surface area contributed by atoms with Crippen molar-refractivity contribution in [3.63, 3.8) is 0 Å². The summed E-state index contributed by atoms with van der Waals surface area (Å²) in [4.78, 5) is 27.9. The highest BCUT2D eigenvalue weighted by Gasteiger charge is 2.43. The molecule has 0 radical (unpaired) electrons. The van der Waals surface area contributed by atoms with E-state index in [4.69, 9.17) is 28.3 Å². The first kappa shape index (κ1) is 18.3. The summed E-state index contributed by atoms with van der Waals surface area (Å²) >= 11 is 12.4. The third-order valence-electron chi connectivity index (χ3n) is 5.05. The van der Waals surface area contributed by atoms with Crippen LogP contribution in [0.4, 0.5) is 0 Å². The van der Waals surface area contributed by atoms with E-state index in [1.54, 1.807) is 11.8 Å².